The van der Waals surface area contributed by atoms with E-state index in [1.165, 1.54) is 0 Å². The van der Waals surface area contributed by atoms with Gasteiger partial charge in [-0.15, -0.1) is 0 Å². The van der Waals surface area contributed by atoms with E-state index in [4.69, 9.17) is 5.11 Å². The van der Waals surface area contributed by atoms with Crippen molar-refractivity contribution < 1.29 is 14.7 Å². The Bertz CT molecular complexity index is 263. The summed E-state index contributed by atoms with van der Waals surface area (Å²) in [5.41, 5.74) is 0. The van der Waals surface area contributed by atoms with E-state index in [0.717, 1.165) is 6.54 Å². The predicted molar refractivity (Wildman–Crippen MR) is 71.5 cm³/mol. The molecule has 0 rings (SSSR count). The van der Waals surface area contributed by atoms with Gasteiger partial charge in [-0.3, -0.25) is 14.5 Å². The molecule has 106 valence electrons. The number of carboxylic acid groups (broad SMARTS) is 1. The molecule has 0 aliphatic heterocycles. The summed E-state index contributed by atoms with van der Waals surface area (Å²) < 4.78 is 0. The highest BCUT2D eigenvalue weighted by Gasteiger charge is 2.16. The summed E-state index contributed by atoms with van der Waals surface area (Å²) in [6.45, 7) is 10.9. The first-order valence-electron chi connectivity index (χ1n) is 6.62. The van der Waals surface area contributed by atoms with Crippen molar-refractivity contribution >= 4 is 11.9 Å². The van der Waals surface area contributed by atoms with Gasteiger partial charge in [-0.25, -0.2) is 0 Å². The zero-order chi connectivity index (χ0) is 14.1. The molecule has 0 atom stereocenters. The van der Waals surface area contributed by atoms with Crippen LogP contribution < -0.4 is 0 Å². The lowest BCUT2D eigenvalue weighted by molar-refractivity contribution is -0.138. The molecule has 1 amide bonds. The molecule has 1 N–H and O–H groups in total. The number of carboxylic acids is 1. The summed E-state index contributed by atoms with van der Waals surface area (Å²) >= 11 is 0. The third-order valence-corrected chi connectivity index (χ3v) is 2.74. The fourth-order valence-corrected chi connectivity index (χ4v) is 1.87. The predicted octanol–water partition coefficient (Wildman–Crippen LogP) is 1.29. The van der Waals surface area contributed by atoms with Crippen molar-refractivity contribution in [3.05, 3.63) is 0 Å². The van der Waals surface area contributed by atoms with Crippen LogP contribution in [-0.2, 0) is 9.59 Å². The maximum atomic E-state index is 12.0. The van der Waals surface area contributed by atoms with Gasteiger partial charge in [-0.05, 0) is 19.8 Å². The molecule has 0 saturated carbocycles. The lowest BCUT2D eigenvalue weighted by Gasteiger charge is -2.26. The Kier molecular flexibility index (Phi) is 8.37. The first-order valence-corrected chi connectivity index (χ1v) is 6.62. The van der Waals surface area contributed by atoms with E-state index >= 15 is 0 Å². The van der Waals surface area contributed by atoms with Crippen LogP contribution in [0.25, 0.3) is 0 Å². The first-order chi connectivity index (χ1) is 8.40. The second-order valence-corrected chi connectivity index (χ2v) is 4.84. The van der Waals surface area contributed by atoms with Crippen LogP contribution in [-0.4, -0.2) is 59.5 Å². The Morgan fingerprint density at radius 1 is 1.17 bits per heavy atom. The maximum Gasteiger partial charge on any atom is 0.304 e. The monoisotopic (exact) mass is 258 g/mol. The molecule has 0 unspecified atom stereocenters. The third-order valence-electron chi connectivity index (χ3n) is 2.74. The van der Waals surface area contributed by atoms with Gasteiger partial charge in [0.15, 0.2) is 0 Å². The number of aliphatic carboxylic acids is 1. The standard InChI is InChI=1S/C13H26N2O3/c1-5-15(6-2)12(16)10-14(9-11(3)4)8-7-13(17)18/h11H,5-10H2,1-4H3,(H,17,18). The van der Waals surface area contributed by atoms with Crippen LogP contribution in [0.2, 0.25) is 0 Å². The topological polar surface area (TPSA) is 60.9 Å². The minimum atomic E-state index is -0.820. The lowest BCUT2D eigenvalue weighted by atomic mass is 10.2. The van der Waals surface area contributed by atoms with Gasteiger partial charge in [-0.2, -0.15) is 0 Å². The molecule has 0 aromatic carbocycles. The molecule has 5 nitrogen and oxygen atoms in total. The minimum Gasteiger partial charge on any atom is -0.481 e. The van der Waals surface area contributed by atoms with Crippen molar-refractivity contribution in [2.45, 2.75) is 34.1 Å². The van der Waals surface area contributed by atoms with E-state index < -0.39 is 5.97 Å². The molecule has 0 aromatic rings. The molecule has 18 heavy (non-hydrogen) atoms. The normalized spacial score (nSPS) is 11.0. The van der Waals surface area contributed by atoms with E-state index in [2.05, 4.69) is 13.8 Å². The fourth-order valence-electron chi connectivity index (χ4n) is 1.87. The minimum absolute atomic E-state index is 0.0750. The third kappa shape index (κ3) is 7.27. The lowest BCUT2D eigenvalue weighted by Crippen LogP contribution is -2.42. The van der Waals surface area contributed by atoms with Crippen LogP contribution in [0.1, 0.15) is 34.1 Å². The SMILES string of the molecule is CCN(CC)C(=O)CN(CCC(=O)O)CC(C)C. The molecule has 0 heterocycles. The van der Waals surface area contributed by atoms with Gasteiger partial charge >= 0.3 is 5.97 Å². The van der Waals surface area contributed by atoms with Gasteiger partial charge in [0.1, 0.15) is 0 Å². The number of amides is 1. The van der Waals surface area contributed by atoms with E-state index in [-0.39, 0.29) is 12.3 Å². The van der Waals surface area contributed by atoms with Gasteiger partial charge in [-0.1, -0.05) is 13.8 Å². The number of nitrogens with zero attached hydrogens (tertiary/aromatic N) is 2. The van der Waals surface area contributed by atoms with Crippen LogP contribution in [0.4, 0.5) is 0 Å². The number of carbonyl (C=O) groups is 2. The van der Waals surface area contributed by atoms with Crippen molar-refractivity contribution in [2.75, 3.05) is 32.7 Å². The van der Waals surface area contributed by atoms with Crippen LogP contribution in [0.3, 0.4) is 0 Å². The van der Waals surface area contributed by atoms with Gasteiger partial charge in [0.25, 0.3) is 0 Å². The second-order valence-electron chi connectivity index (χ2n) is 4.84. The average Bonchev–Trinajstić information content (AvgIpc) is 2.26. The molecule has 0 radical (unpaired) electrons. The van der Waals surface area contributed by atoms with E-state index in [9.17, 15) is 9.59 Å². The van der Waals surface area contributed by atoms with E-state index in [1.807, 2.05) is 18.7 Å². The Hall–Kier alpha value is -1.10. The molecule has 5 heteroatoms. The van der Waals surface area contributed by atoms with Crippen LogP contribution in [0.5, 0.6) is 0 Å². The van der Waals surface area contributed by atoms with Crippen molar-refractivity contribution in [1.82, 2.24) is 9.80 Å². The highest BCUT2D eigenvalue weighted by atomic mass is 16.4. The van der Waals surface area contributed by atoms with Crippen molar-refractivity contribution in [1.29, 1.82) is 0 Å². The van der Waals surface area contributed by atoms with Crippen LogP contribution >= 0.6 is 0 Å². The Morgan fingerprint density at radius 2 is 1.72 bits per heavy atom. The Labute approximate surface area is 110 Å². The summed E-state index contributed by atoms with van der Waals surface area (Å²) in [5, 5.41) is 8.71. The van der Waals surface area contributed by atoms with Crippen LogP contribution in [0.15, 0.2) is 0 Å². The molecular weight excluding hydrogens is 232 g/mol. The summed E-state index contributed by atoms with van der Waals surface area (Å²) in [6, 6.07) is 0. The molecular formula is C13H26N2O3. The van der Waals surface area contributed by atoms with Crippen molar-refractivity contribution in [3.63, 3.8) is 0 Å². The summed E-state index contributed by atoms with van der Waals surface area (Å²) in [7, 11) is 0. The molecule has 0 saturated heterocycles. The number of hydrogen-bond acceptors (Lipinski definition) is 3. The quantitative estimate of drug-likeness (QED) is 0.677. The van der Waals surface area contributed by atoms with Gasteiger partial charge < -0.3 is 10.0 Å². The Morgan fingerprint density at radius 3 is 2.11 bits per heavy atom. The van der Waals surface area contributed by atoms with Gasteiger partial charge in [0, 0.05) is 26.2 Å². The molecule has 0 aromatic heterocycles. The fraction of sp³-hybridized carbons (Fsp3) is 0.846. The molecule has 0 bridgehead atoms. The average molecular weight is 258 g/mol. The number of hydrogen-bond donors (Lipinski definition) is 1. The number of carbonyl (C=O) groups excluding carboxylic acids is 1. The highest BCUT2D eigenvalue weighted by Crippen LogP contribution is 2.02. The Balaban J connectivity index is 4.37. The number of likely N-dealkylation sites (N-methyl/N-ethyl adjacent to an activating group) is 1. The smallest absolute Gasteiger partial charge is 0.304 e. The summed E-state index contributed by atoms with van der Waals surface area (Å²) in [6.07, 6.45) is 0.0816. The molecule has 0 spiro atoms. The van der Waals surface area contributed by atoms with Gasteiger partial charge in [0.2, 0.25) is 5.91 Å². The molecule has 0 fully saturated rings. The van der Waals surface area contributed by atoms with E-state index in [1.54, 1.807) is 4.90 Å². The highest BCUT2D eigenvalue weighted by molar-refractivity contribution is 5.78. The van der Waals surface area contributed by atoms with Crippen LogP contribution in [0, 0.1) is 5.92 Å². The van der Waals surface area contributed by atoms with Crippen molar-refractivity contribution in [2.24, 2.45) is 5.92 Å². The zero-order valence-electron chi connectivity index (χ0n) is 12.0. The van der Waals surface area contributed by atoms with E-state index in [0.29, 0.717) is 32.1 Å². The summed E-state index contributed by atoms with van der Waals surface area (Å²) in [5.74, 6) is -0.326. The largest absolute Gasteiger partial charge is 0.481 e. The first kappa shape index (κ1) is 16.9. The molecule has 0 aliphatic rings. The van der Waals surface area contributed by atoms with Gasteiger partial charge in [0.05, 0.1) is 13.0 Å². The zero-order valence-corrected chi connectivity index (χ0v) is 12.0. The second kappa shape index (κ2) is 8.91. The van der Waals surface area contributed by atoms with Crippen molar-refractivity contribution in [3.8, 4) is 0 Å². The number of rotatable bonds is 9. The summed E-state index contributed by atoms with van der Waals surface area (Å²) in [4.78, 5) is 26.3. The molecule has 0 aliphatic carbocycles. The maximum absolute atomic E-state index is 12.0.